The van der Waals surface area contributed by atoms with Crippen LogP contribution in [-0.4, -0.2) is 31.4 Å². The van der Waals surface area contributed by atoms with Crippen LogP contribution in [0.2, 0.25) is 5.02 Å². The first-order chi connectivity index (χ1) is 11.9. The van der Waals surface area contributed by atoms with E-state index in [1.807, 2.05) is 0 Å². The first kappa shape index (κ1) is 19.1. The molecule has 0 unspecified atom stereocenters. The van der Waals surface area contributed by atoms with Crippen molar-refractivity contribution in [2.24, 2.45) is 5.10 Å². The molecule has 0 bridgehead atoms. The third-order valence-electron chi connectivity index (χ3n) is 3.26. The molecule has 1 amide bonds. The average Bonchev–Trinajstić information content (AvgIpc) is 2.58. The van der Waals surface area contributed by atoms with Gasteiger partial charge in [-0.1, -0.05) is 17.7 Å². The molecule has 0 atom stereocenters. The first-order valence-corrected chi connectivity index (χ1v) is 8.32. The van der Waals surface area contributed by atoms with E-state index in [1.165, 1.54) is 19.4 Å². The third-order valence-corrected chi connectivity index (χ3v) is 4.09. The van der Waals surface area contributed by atoms with Gasteiger partial charge in [0.1, 0.15) is 5.75 Å². The zero-order chi connectivity index (χ0) is 18.4. The molecule has 0 fully saturated rings. The van der Waals surface area contributed by atoms with Crippen molar-refractivity contribution in [1.82, 2.24) is 5.43 Å². The second-order valence-corrected chi connectivity index (χ2v) is 6.28. The lowest BCUT2D eigenvalue weighted by Crippen LogP contribution is -2.19. The van der Waals surface area contributed by atoms with Gasteiger partial charge in [-0.25, -0.2) is 5.43 Å². The fraction of sp³-hybridized carbons (Fsp3) is 0.176. The molecule has 0 aliphatic heterocycles. The number of amides is 1. The van der Waals surface area contributed by atoms with Crippen LogP contribution < -0.4 is 14.9 Å². The van der Waals surface area contributed by atoms with Gasteiger partial charge in [0, 0.05) is 10.6 Å². The van der Waals surface area contributed by atoms with Crippen LogP contribution in [0.3, 0.4) is 0 Å². The quantitative estimate of drug-likeness (QED) is 0.546. The van der Waals surface area contributed by atoms with E-state index in [9.17, 15) is 9.90 Å². The van der Waals surface area contributed by atoms with E-state index in [0.29, 0.717) is 26.6 Å². The number of carbonyl (C=O) groups excluding carboxylic acids is 1. The molecule has 0 spiro atoms. The number of methoxy groups -OCH3 is 2. The van der Waals surface area contributed by atoms with E-state index in [2.05, 4.69) is 26.5 Å². The van der Waals surface area contributed by atoms with Crippen LogP contribution in [-0.2, 0) is 11.2 Å². The molecule has 2 aromatic rings. The van der Waals surface area contributed by atoms with Gasteiger partial charge in [0.2, 0.25) is 5.91 Å². The SMILES string of the molecule is COc1ccc(CC(=O)N/N=C\c2cc(Cl)cc(Br)c2O)cc1OC. The Morgan fingerprint density at radius 3 is 2.68 bits per heavy atom. The lowest BCUT2D eigenvalue weighted by Gasteiger charge is -2.09. The highest BCUT2D eigenvalue weighted by Crippen LogP contribution is 2.30. The van der Waals surface area contributed by atoms with Crippen LogP contribution in [0.25, 0.3) is 0 Å². The molecular formula is C17H16BrClN2O4. The summed E-state index contributed by atoms with van der Waals surface area (Å²) in [5.74, 6) is 0.808. The number of ether oxygens (including phenoxy) is 2. The molecule has 0 aliphatic rings. The predicted octanol–water partition coefficient (Wildman–Crippen LogP) is 3.52. The summed E-state index contributed by atoms with van der Waals surface area (Å²) in [6.07, 6.45) is 1.43. The van der Waals surface area contributed by atoms with Crippen molar-refractivity contribution in [1.29, 1.82) is 0 Å². The van der Waals surface area contributed by atoms with E-state index in [-0.39, 0.29) is 18.1 Å². The zero-order valence-corrected chi connectivity index (χ0v) is 15.9. The number of carbonyl (C=O) groups is 1. The van der Waals surface area contributed by atoms with Crippen molar-refractivity contribution >= 4 is 39.7 Å². The van der Waals surface area contributed by atoms with Gasteiger partial charge in [-0.3, -0.25) is 4.79 Å². The molecule has 0 saturated heterocycles. The van der Waals surface area contributed by atoms with Crippen molar-refractivity contribution in [2.45, 2.75) is 6.42 Å². The van der Waals surface area contributed by atoms with Crippen LogP contribution in [0.15, 0.2) is 39.9 Å². The first-order valence-electron chi connectivity index (χ1n) is 7.15. The molecule has 0 aromatic heterocycles. The minimum atomic E-state index is -0.316. The van der Waals surface area contributed by atoms with Gasteiger partial charge >= 0.3 is 0 Å². The normalized spacial score (nSPS) is 10.7. The second kappa shape index (κ2) is 8.73. The van der Waals surface area contributed by atoms with Crippen LogP contribution >= 0.6 is 27.5 Å². The predicted molar refractivity (Wildman–Crippen MR) is 99.8 cm³/mol. The molecule has 0 radical (unpaired) electrons. The Morgan fingerprint density at radius 1 is 1.28 bits per heavy atom. The van der Waals surface area contributed by atoms with Gasteiger partial charge in [-0.15, -0.1) is 0 Å². The highest BCUT2D eigenvalue weighted by molar-refractivity contribution is 9.10. The summed E-state index contributed by atoms with van der Waals surface area (Å²) in [6.45, 7) is 0. The molecule has 8 heteroatoms. The van der Waals surface area contributed by atoms with Crippen molar-refractivity contribution in [3.8, 4) is 17.2 Å². The van der Waals surface area contributed by atoms with E-state index in [1.54, 1.807) is 31.4 Å². The van der Waals surface area contributed by atoms with Crippen molar-refractivity contribution in [2.75, 3.05) is 14.2 Å². The van der Waals surface area contributed by atoms with E-state index in [0.717, 1.165) is 5.56 Å². The number of phenols is 1. The Labute approximate surface area is 158 Å². The molecule has 2 rings (SSSR count). The molecule has 132 valence electrons. The van der Waals surface area contributed by atoms with Crippen molar-refractivity contribution in [3.05, 3.63) is 51.0 Å². The van der Waals surface area contributed by atoms with Crippen LogP contribution in [0, 0.1) is 0 Å². The summed E-state index contributed by atoms with van der Waals surface area (Å²) in [5, 5.41) is 14.2. The van der Waals surface area contributed by atoms with Gasteiger partial charge in [0.05, 0.1) is 31.3 Å². The number of nitrogens with zero attached hydrogens (tertiary/aromatic N) is 1. The Bertz CT molecular complexity index is 811. The van der Waals surface area contributed by atoms with E-state index < -0.39 is 0 Å². The number of halogens is 2. The summed E-state index contributed by atoms with van der Waals surface area (Å²) in [7, 11) is 3.07. The summed E-state index contributed by atoms with van der Waals surface area (Å²) in [6, 6.07) is 8.31. The molecule has 0 saturated carbocycles. The highest BCUT2D eigenvalue weighted by Gasteiger charge is 2.09. The lowest BCUT2D eigenvalue weighted by molar-refractivity contribution is -0.120. The van der Waals surface area contributed by atoms with Gasteiger partial charge in [-0.2, -0.15) is 5.10 Å². The van der Waals surface area contributed by atoms with Crippen LogP contribution in [0.5, 0.6) is 17.2 Å². The Morgan fingerprint density at radius 2 is 2.00 bits per heavy atom. The molecule has 6 nitrogen and oxygen atoms in total. The lowest BCUT2D eigenvalue weighted by atomic mass is 10.1. The van der Waals surface area contributed by atoms with Gasteiger partial charge in [0.15, 0.2) is 11.5 Å². The third kappa shape index (κ3) is 5.11. The number of rotatable bonds is 6. The fourth-order valence-corrected chi connectivity index (χ4v) is 2.91. The van der Waals surface area contributed by atoms with Gasteiger partial charge < -0.3 is 14.6 Å². The van der Waals surface area contributed by atoms with Crippen molar-refractivity contribution in [3.63, 3.8) is 0 Å². The molecule has 0 aliphatic carbocycles. The largest absolute Gasteiger partial charge is 0.506 e. The number of hydrogen-bond acceptors (Lipinski definition) is 5. The standard InChI is InChI=1S/C17H16BrClN2O4/c1-24-14-4-3-10(5-15(14)25-2)6-16(22)21-20-9-11-7-12(19)8-13(18)17(11)23/h3-5,7-9,23H,6H2,1-2H3,(H,21,22)/b20-9-. The molecular weight excluding hydrogens is 412 g/mol. The van der Waals surface area contributed by atoms with Gasteiger partial charge in [-0.05, 0) is 45.8 Å². The topological polar surface area (TPSA) is 80.2 Å². The molecule has 25 heavy (non-hydrogen) atoms. The van der Waals surface area contributed by atoms with Crippen molar-refractivity contribution < 1.29 is 19.4 Å². The van der Waals surface area contributed by atoms with Crippen LogP contribution in [0.1, 0.15) is 11.1 Å². The number of benzene rings is 2. The number of phenolic OH excluding ortho intramolecular Hbond substituents is 1. The smallest absolute Gasteiger partial charge is 0.244 e. The maximum atomic E-state index is 12.0. The van der Waals surface area contributed by atoms with E-state index in [4.69, 9.17) is 21.1 Å². The summed E-state index contributed by atoms with van der Waals surface area (Å²) in [5.41, 5.74) is 3.53. The molecule has 2 N–H and O–H groups in total. The summed E-state index contributed by atoms with van der Waals surface area (Å²) < 4.78 is 10.8. The second-order valence-electron chi connectivity index (χ2n) is 4.98. The highest BCUT2D eigenvalue weighted by atomic mass is 79.9. The Balaban J connectivity index is 2.01. The number of nitrogens with one attached hydrogen (secondary N) is 1. The number of hydrazone groups is 1. The van der Waals surface area contributed by atoms with E-state index >= 15 is 0 Å². The van der Waals surface area contributed by atoms with Gasteiger partial charge in [0.25, 0.3) is 0 Å². The molecule has 2 aromatic carbocycles. The monoisotopic (exact) mass is 426 g/mol. The maximum absolute atomic E-state index is 12.0. The zero-order valence-electron chi connectivity index (χ0n) is 13.5. The minimum Gasteiger partial charge on any atom is -0.506 e. The maximum Gasteiger partial charge on any atom is 0.244 e. The minimum absolute atomic E-state index is 0.0118. The summed E-state index contributed by atoms with van der Waals surface area (Å²) >= 11 is 9.09. The Hall–Kier alpha value is -2.25. The average molecular weight is 428 g/mol. The number of hydrogen-bond donors (Lipinski definition) is 2. The number of aromatic hydroxyl groups is 1. The fourth-order valence-electron chi connectivity index (χ4n) is 2.07. The van der Waals surface area contributed by atoms with Crippen LogP contribution in [0.4, 0.5) is 0 Å². The summed E-state index contributed by atoms with van der Waals surface area (Å²) in [4.78, 5) is 12.0. The Kier molecular flexibility index (Phi) is 6.66. The molecule has 0 heterocycles.